The van der Waals surface area contributed by atoms with Crippen molar-refractivity contribution in [1.29, 1.82) is 0 Å². The average Bonchev–Trinajstić information content (AvgIpc) is 3.27. The van der Waals surface area contributed by atoms with Gasteiger partial charge < -0.3 is 63.6 Å². The van der Waals surface area contributed by atoms with E-state index in [1.54, 1.807) is 70.1 Å². The number of carbonyl (C=O) groups excluding carboxylic acids is 1. The van der Waals surface area contributed by atoms with Crippen LogP contribution in [0.25, 0.3) is 0 Å². The number of nitrogens with zero attached hydrogens (tertiary/aromatic N) is 1. The number of likely N-dealkylation sites (tertiary alicyclic amines) is 1. The molecule has 61 heavy (non-hydrogen) atoms. The lowest BCUT2D eigenvalue weighted by Gasteiger charge is -2.57. The van der Waals surface area contributed by atoms with E-state index in [2.05, 4.69) is 0 Å². The second-order valence-corrected chi connectivity index (χ2v) is 19.1. The van der Waals surface area contributed by atoms with E-state index < -0.39 is 42.8 Å². The molecule has 0 aliphatic carbocycles. The summed E-state index contributed by atoms with van der Waals surface area (Å²) < 4.78 is 45.3. The minimum absolute atomic E-state index is 0.0350. The summed E-state index contributed by atoms with van der Waals surface area (Å²) in [7, 11) is 1.48. The van der Waals surface area contributed by atoms with Crippen LogP contribution in [0.3, 0.4) is 0 Å². The normalized spacial score (nSPS) is 22.7. The molecule has 4 rings (SSSR count). The molecule has 14 nitrogen and oxygen atoms in total. The van der Waals surface area contributed by atoms with E-state index in [4.69, 9.17) is 33.2 Å². The number of benzene rings is 2. The molecule has 7 atom stereocenters. The third-order valence-corrected chi connectivity index (χ3v) is 14.0. The Balaban J connectivity index is 1.72. The summed E-state index contributed by atoms with van der Waals surface area (Å²) in [6, 6.07) is 13.2. The van der Waals surface area contributed by atoms with Gasteiger partial charge >= 0.3 is 0 Å². The molecule has 0 spiro atoms. The van der Waals surface area contributed by atoms with Crippen molar-refractivity contribution in [3.63, 3.8) is 0 Å². The van der Waals surface area contributed by atoms with E-state index in [-0.39, 0.29) is 57.0 Å². The zero-order chi connectivity index (χ0) is 43.5. The summed E-state index contributed by atoms with van der Waals surface area (Å²) >= 11 is 6.57. The number of aliphatic hydroxyl groups is 4. The van der Waals surface area contributed by atoms with Crippen LogP contribution in [0.15, 0.2) is 48.5 Å². The predicted octanol–water partition coefficient (Wildman–Crippen LogP) is 4.23. The quantitative estimate of drug-likeness (QED) is 0.0488. The van der Waals surface area contributed by atoms with Gasteiger partial charge in [0, 0.05) is 42.8 Å². The number of ether oxygens (including phenoxy) is 7. The lowest BCUT2D eigenvalue weighted by molar-refractivity contribution is -0.312. The van der Waals surface area contributed by atoms with E-state index in [9.17, 15) is 30.3 Å². The van der Waals surface area contributed by atoms with Gasteiger partial charge in [-0.2, -0.15) is 47.0 Å². The molecule has 0 aromatic heterocycles. The molecule has 2 aliphatic heterocycles. The summed E-state index contributed by atoms with van der Waals surface area (Å²) in [4.78, 5) is 16.5. The zero-order valence-corrected chi connectivity index (χ0v) is 38.6. The van der Waals surface area contributed by atoms with Gasteiger partial charge in [-0.3, -0.25) is 4.79 Å². The Labute approximate surface area is 378 Å². The number of aromatic hydroxyl groups is 1. The van der Waals surface area contributed by atoms with Gasteiger partial charge in [-0.05, 0) is 72.0 Å². The average molecular weight is 934 g/mol. The Morgan fingerprint density at radius 2 is 1.23 bits per heavy atom. The summed E-state index contributed by atoms with van der Waals surface area (Å²) in [5.74, 6) is 5.65. The van der Waals surface area contributed by atoms with E-state index in [1.165, 1.54) is 7.11 Å². The third kappa shape index (κ3) is 17.4. The van der Waals surface area contributed by atoms with Crippen molar-refractivity contribution in [3.8, 4) is 11.5 Å². The van der Waals surface area contributed by atoms with Gasteiger partial charge in [0.1, 0.15) is 24.4 Å². The fourth-order valence-corrected chi connectivity index (χ4v) is 9.67. The second-order valence-electron chi connectivity index (χ2n) is 14.2. The van der Waals surface area contributed by atoms with Crippen LogP contribution < -0.4 is 4.74 Å². The second kappa shape index (κ2) is 31.4. The monoisotopic (exact) mass is 933 g/mol. The maximum absolute atomic E-state index is 14.7. The Morgan fingerprint density at radius 1 is 0.672 bits per heavy atom. The van der Waals surface area contributed by atoms with E-state index in [0.717, 1.165) is 35.0 Å². The summed E-state index contributed by atoms with van der Waals surface area (Å²) in [5, 5.41) is 47.8. The van der Waals surface area contributed by atoms with Crippen molar-refractivity contribution in [2.45, 2.75) is 75.1 Å². The van der Waals surface area contributed by atoms with Crippen molar-refractivity contribution in [1.82, 2.24) is 4.90 Å². The van der Waals surface area contributed by atoms with Crippen LogP contribution in [0.2, 0.25) is 0 Å². The molecule has 2 saturated heterocycles. The third-order valence-electron chi connectivity index (χ3n) is 9.84. The number of thioether (sulfide) groups is 4. The van der Waals surface area contributed by atoms with Crippen molar-refractivity contribution < 1.29 is 63.5 Å². The maximum atomic E-state index is 14.7. The SMILES string of the molecule is COc1cc(C2C(OCc3ccccc3)C(=O)N2[C@H]2[C@H](OCCCSCCO)O[C@H](COCCCSCCO)[C@@H](OCCCSCCO)[C@@H]2OCCCSCCO)ccc1O. The van der Waals surface area contributed by atoms with Crippen LogP contribution in [0, 0.1) is 0 Å². The first kappa shape index (κ1) is 52.1. The number of amides is 1. The van der Waals surface area contributed by atoms with Gasteiger partial charge in [-0.25, -0.2) is 0 Å². The largest absolute Gasteiger partial charge is 0.504 e. The molecular weight excluding hydrogens is 867 g/mol. The molecule has 5 N–H and O–H groups in total. The van der Waals surface area contributed by atoms with Crippen LogP contribution in [-0.4, -0.2) is 186 Å². The Kier molecular flexibility index (Phi) is 26.8. The molecule has 2 aromatic rings. The standard InChI is InChI=1S/C43H67NO13S4/c1-51-35-29-33(11-12-34(35)49)37-41(56-30-32-9-3-2-4-10-32)42(50)44(37)38-40(54-19-7-23-60-27-15-47)39(53-18-6-22-59-26-14-46)36(31-52-17-5-21-58-25-13-45)57-43(38)55-20-8-24-61-28-16-48/h2-4,9-12,29,36-41,43,45-49H,5-8,13-28,30-31H2,1H3/t36-,37?,38-,39-,40-,41?,43-/m1/s1. The maximum Gasteiger partial charge on any atom is 0.255 e. The molecular formula is C43H67NO13S4. The molecule has 0 saturated carbocycles. The molecule has 1 amide bonds. The molecule has 18 heteroatoms. The highest BCUT2D eigenvalue weighted by atomic mass is 32.2. The van der Waals surface area contributed by atoms with Gasteiger partial charge in [-0.15, -0.1) is 0 Å². The van der Waals surface area contributed by atoms with Crippen molar-refractivity contribution in [2.75, 3.05) is 113 Å². The van der Waals surface area contributed by atoms with Crippen LogP contribution in [-0.2, 0) is 39.8 Å². The molecule has 2 heterocycles. The summed E-state index contributed by atoms with van der Waals surface area (Å²) in [6.45, 7) is 2.32. The first-order valence-electron chi connectivity index (χ1n) is 21.2. The minimum Gasteiger partial charge on any atom is -0.504 e. The summed E-state index contributed by atoms with van der Waals surface area (Å²) in [5.41, 5.74) is 1.60. The van der Waals surface area contributed by atoms with E-state index in [1.807, 2.05) is 30.3 Å². The molecule has 346 valence electrons. The molecule has 2 aromatic carbocycles. The number of methoxy groups -OCH3 is 1. The zero-order valence-electron chi connectivity index (χ0n) is 35.3. The number of carbonyl (C=O) groups is 1. The lowest BCUT2D eigenvalue weighted by atomic mass is 9.84. The van der Waals surface area contributed by atoms with Gasteiger partial charge in [0.25, 0.3) is 5.91 Å². The topological polar surface area (TPSA) is 186 Å². The first-order valence-corrected chi connectivity index (χ1v) is 25.8. The summed E-state index contributed by atoms with van der Waals surface area (Å²) in [6.07, 6.45) is -0.992. The van der Waals surface area contributed by atoms with Crippen LogP contribution >= 0.6 is 47.0 Å². The van der Waals surface area contributed by atoms with Gasteiger partial charge in [0.2, 0.25) is 0 Å². The number of rotatable bonds is 35. The van der Waals surface area contributed by atoms with Gasteiger partial charge in [-0.1, -0.05) is 36.4 Å². The van der Waals surface area contributed by atoms with E-state index in [0.29, 0.717) is 74.3 Å². The lowest BCUT2D eigenvalue weighted by Crippen LogP contribution is -2.73. The Hall–Kier alpha value is -1.49. The molecule has 2 aliphatic rings. The fourth-order valence-electron chi connectivity index (χ4n) is 7.05. The number of phenols is 1. The van der Waals surface area contributed by atoms with Crippen molar-refractivity contribution in [3.05, 3.63) is 59.7 Å². The Bertz CT molecular complexity index is 1460. The molecule has 0 radical (unpaired) electrons. The highest BCUT2D eigenvalue weighted by molar-refractivity contribution is 7.99. The van der Waals surface area contributed by atoms with Crippen LogP contribution in [0.4, 0.5) is 0 Å². The smallest absolute Gasteiger partial charge is 0.255 e. The molecule has 2 fully saturated rings. The number of hydrogen-bond donors (Lipinski definition) is 5. The fraction of sp³-hybridized carbons (Fsp3) is 0.698. The predicted molar refractivity (Wildman–Crippen MR) is 244 cm³/mol. The minimum atomic E-state index is -0.953. The number of hydrogen-bond acceptors (Lipinski definition) is 17. The Morgan fingerprint density at radius 3 is 1.80 bits per heavy atom. The van der Waals surface area contributed by atoms with Gasteiger partial charge in [0.05, 0.1) is 59.4 Å². The number of aliphatic hydroxyl groups excluding tert-OH is 4. The van der Waals surface area contributed by atoms with E-state index >= 15 is 0 Å². The molecule has 2 unspecified atom stereocenters. The van der Waals surface area contributed by atoms with Crippen molar-refractivity contribution in [2.24, 2.45) is 0 Å². The van der Waals surface area contributed by atoms with Crippen molar-refractivity contribution >= 4 is 53.0 Å². The first-order chi connectivity index (χ1) is 30.0. The highest BCUT2D eigenvalue weighted by Gasteiger charge is 2.60. The number of phenolic OH excluding ortho intramolecular Hbond substituents is 1. The van der Waals surface area contributed by atoms with Crippen LogP contribution in [0.5, 0.6) is 11.5 Å². The highest BCUT2D eigenvalue weighted by Crippen LogP contribution is 2.46. The van der Waals surface area contributed by atoms with Crippen LogP contribution in [0.1, 0.15) is 42.9 Å². The van der Waals surface area contributed by atoms with Gasteiger partial charge in [0.15, 0.2) is 23.9 Å². The molecule has 0 bridgehead atoms. The number of β-lactam (4-membered cyclic amide) rings is 1.